The van der Waals surface area contributed by atoms with Crippen molar-refractivity contribution in [3.63, 3.8) is 0 Å². The summed E-state index contributed by atoms with van der Waals surface area (Å²) in [4.78, 5) is 24.6. The van der Waals surface area contributed by atoms with E-state index in [1.165, 1.54) is 12.1 Å². The van der Waals surface area contributed by atoms with Crippen LogP contribution in [0.25, 0.3) is 33.9 Å². The van der Waals surface area contributed by atoms with E-state index in [0.717, 1.165) is 54.2 Å². The first-order valence-electron chi connectivity index (χ1n) is 11.8. The monoisotopic (exact) mass is 468 g/mol. The molecule has 8 heteroatoms. The van der Waals surface area contributed by atoms with Crippen LogP contribution in [-0.2, 0) is 11.2 Å². The second-order valence-electron chi connectivity index (χ2n) is 9.22. The van der Waals surface area contributed by atoms with Crippen molar-refractivity contribution >= 4 is 17.1 Å². The van der Waals surface area contributed by atoms with Crippen molar-refractivity contribution in [2.45, 2.75) is 19.3 Å². The number of carbonyl (C=O) groups excluding carboxylic acids is 1. The molecule has 0 amide bonds. The van der Waals surface area contributed by atoms with Gasteiger partial charge in [0.1, 0.15) is 28.6 Å². The Balaban J connectivity index is 1.36. The molecule has 35 heavy (non-hydrogen) atoms. The summed E-state index contributed by atoms with van der Waals surface area (Å²) in [5.41, 5.74) is 5.25. The zero-order valence-electron chi connectivity index (χ0n) is 19.4. The van der Waals surface area contributed by atoms with Crippen molar-refractivity contribution in [1.82, 2.24) is 28.9 Å². The molecule has 7 nitrogen and oxygen atoms in total. The summed E-state index contributed by atoms with van der Waals surface area (Å²) < 4.78 is 17.3. The fraction of sp³-hybridized carbons (Fsp3) is 0.259. The molecule has 5 aromatic rings. The molecule has 1 aliphatic heterocycles. The van der Waals surface area contributed by atoms with Gasteiger partial charge >= 0.3 is 0 Å². The molecule has 0 atom stereocenters. The lowest BCUT2D eigenvalue weighted by Gasteiger charge is -2.27. The molecule has 1 saturated heterocycles. The second-order valence-corrected chi connectivity index (χ2v) is 9.22. The number of nitrogens with zero attached hydrogens (tertiary/aromatic N) is 6. The predicted molar refractivity (Wildman–Crippen MR) is 131 cm³/mol. The van der Waals surface area contributed by atoms with Crippen LogP contribution in [-0.4, -0.2) is 54.8 Å². The number of hydrogen-bond acceptors (Lipinski definition) is 5. The van der Waals surface area contributed by atoms with Gasteiger partial charge in [0.15, 0.2) is 5.65 Å². The minimum absolute atomic E-state index is 0.107. The molecule has 0 saturated carbocycles. The van der Waals surface area contributed by atoms with Gasteiger partial charge in [0.2, 0.25) is 0 Å². The second kappa shape index (κ2) is 8.70. The number of halogens is 1. The highest BCUT2D eigenvalue weighted by molar-refractivity contribution is 5.83. The Kier molecular flexibility index (Phi) is 5.37. The molecule has 0 spiro atoms. The van der Waals surface area contributed by atoms with Crippen LogP contribution in [0.2, 0.25) is 0 Å². The van der Waals surface area contributed by atoms with Gasteiger partial charge in [-0.2, -0.15) is 5.10 Å². The van der Waals surface area contributed by atoms with Crippen LogP contribution >= 0.6 is 0 Å². The third-order valence-electron chi connectivity index (χ3n) is 6.79. The maximum Gasteiger partial charge on any atom is 0.153 e. The van der Waals surface area contributed by atoms with E-state index in [0.29, 0.717) is 17.8 Å². The highest BCUT2D eigenvalue weighted by Crippen LogP contribution is 2.32. The Bertz CT molecular complexity index is 1530. The average Bonchev–Trinajstić information content (AvgIpc) is 3.45. The van der Waals surface area contributed by atoms with E-state index in [4.69, 9.17) is 10.1 Å². The standard InChI is InChI=1S/C27H25FN6O/c1-32-14-11-18(12-15-32)23(35)16-21-17-34-25(29-21)10-9-22(31-34)27-26(19-5-7-20(28)8-6-19)30-24-4-2-3-13-33(24)27/h2-10,13,17-18H,11-12,14-16H2,1H3. The smallest absolute Gasteiger partial charge is 0.153 e. The third kappa shape index (κ3) is 4.10. The molecule has 5 heterocycles. The average molecular weight is 469 g/mol. The number of aromatic nitrogens is 5. The molecule has 0 unspecified atom stereocenters. The summed E-state index contributed by atoms with van der Waals surface area (Å²) in [6.07, 6.45) is 5.92. The lowest BCUT2D eigenvalue weighted by molar-refractivity contribution is -0.123. The van der Waals surface area contributed by atoms with E-state index < -0.39 is 0 Å². The van der Waals surface area contributed by atoms with E-state index >= 15 is 0 Å². The van der Waals surface area contributed by atoms with Crippen LogP contribution in [0.1, 0.15) is 18.5 Å². The van der Waals surface area contributed by atoms with Gasteiger partial charge in [-0.05, 0) is 81.5 Å². The maximum absolute atomic E-state index is 13.6. The molecule has 0 bridgehead atoms. The number of imidazole rings is 2. The number of ketones is 1. The third-order valence-corrected chi connectivity index (χ3v) is 6.79. The number of piperidine rings is 1. The number of hydrogen-bond donors (Lipinski definition) is 0. The van der Waals surface area contributed by atoms with Crippen LogP contribution in [0.4, 0.5) is 4.39 Å². The summed E-state index contributed by atoms with van der Waals surface area (Å²) in [6, 6.07) is 15.9. The van der Waals surface area contributed by atoms with Crippen LogP contribution in [0.15, 0.2) is 67.0 Å². The topological polar surface area (TPSA) is 67.8 Å². The van der Waals surface area contributed by atoms with Crippen molar-refractivity contribution in [1.29, 1.82) is 0 Å². The Morgan fingerprint density at radius 1 is 1.00 bits per heavy atom. The molecule has 176 valence electrons. The Morgan fingerprint density at radius 2 is 1.80 bits per heavy atom. The Labute approximate surface area is 201 Å². The fourth-order valence-electron chi connectivity index (χ4n) is 4.85. The van der Waals surface area contributed by atoms with Gasteiger partial charge in [0.25, 0.3) is 0 Å². The first-order chi connectivity index (χ1) is 17.0. The normalized spacial score (nSPS) is 15.3. The molecule has 0 N–H and O–H groups in total. The highest BCUT2D eigenvalue weighted by Gasteiger charge is 2.24. The molecule has 1 aliphatic rings. The SMILES string of the molecule is CN1CCC(C(=O)Cc2cn3nc(-c4c(-c5ccc(F)cc5)nc5ccccn45)ccc3n2)CC1. The molecule has 1 aromatic carbocycles. The van der Waals surface area contributed by atoms with Gasteiger partial charge in [-0.1, -0.05) is 6.07 Å². The predicted octanol–water partition coefficient (Wildman–Crippen LogP) is 4.30. The molecule has 1 fully saturated rings. The number of benzene rings is 1. The van der Waals surface area contributed by atoms with Gasteiger partial charge in [-0.25, -0.2) is 18.9 Å². The van der Waals surface area contributed by atoms with Gasteiger partial charge in [0, 0.05) is 17.7 Å². The zero-order chi connectivity index (χ0) is 23.9. The lowest BCUT2D eigenvalue weighted by atomic mass is 9.91. The van der Waals surface area contributed by atoms with E-state index in [-0.39, 0.29) is 17.5 Å². The largest absolute Gasteiger partial charge is 0.306 e. The summed E-state index contributed by atoms with van der Waals surface area (Å²) >= 11 is 0. The molecular weight excluding hydrogens is 443 g/mol. The summed E-state index contributed by atoms with van der Waals surface area (Å²) in [7, 11) is 2.09. The summed E-state index contributed by atoms with van der Waals surface area (Å²) in [5, 5.41) is 4.82. The minimum atomic E-state index is -0.292. The van der Waals surface area contributed by atoms with E-state index in [9.17, 15) is 9.18 Å². The van der Waals surface area contributed by atoms with Crippen molar-refractivity contribution in [3.05, 3.63) is 78.5 Å². The molecule has 0 aliphatic carbocycles. The van der Waals surface area contributed by atoms with Crippen LogP contribution < -0.4 is 0 Å². The van der Waals surface area contributed by atoms with Gasteiger partial charge < -0.3 is 4.90 Å². The number of pyridine rings is 1. The maximum atomic E-state index is 13.6. The number of Topliss-reactive ketones (excluding diaryl/α,β-unsaturated/α-hetero) is 1. The van der Waals surface area contributed by atoms with Crippen LogP contribution in [0, 0.1) is 11.7 Å². The summed E-state index contributed by atoms with van der Waals surface area (Å²) in [5.74, 6) is 0.0671. The highest BCUT2D eigenvalue weighted by atomic mass is 19.1. The van der Waals surface area contributed by atoms with E-state index in [1.54, 1.807) is 16.6 Å². The first kappa shape index (κ1) is 21.6. The van der Waals surface area contributed by atoms with Crippen molar-refractivity contribution in [3.8, 4) is 22.6 Å². The number of rotatable bonds is 5. The number of carbonyl (C=O) groups is 1. The summed E-state index contributed by atoms with van der Waals surface area (Å²) in [6.45, 7) is 1.92. The first-order valence-corrected chi connectivity index (χ1v) is 11.8. The van der Waals surface area contributed by atoms with Gasteiger partial charge in [-0.3, -0.25) is 9.20 Å². The molecular formula is C27H25FN6O. The van der Waals surface area contributed by atoms with Crippen molar-refractivity contribution in [2.24, 2.45) is 5.92 Å². The van der Waals surface area contributed by atoms with Gasteiger partial charge in [0.05, 0.1) is 24.0 Å². The Hall–Kier alpha value is -3.91. The van der Waals surface area contributed by atoms with Crippen LogP contribution in [0.5, 0.6) is 0 Å². The van der Waals surface area contributed by atoms with E-state index in [2.05, 4.69) is 16.9 Å². The van der Waals surface area contributed by atoms with Crippen LogP contribution in [0.3, 0.4) is 0 Å². The Morgan fingerprint density at radius 3 is 2.60 bits per heavy atom. The lowest BCUT2D eigenvalue weighted by Crippen LogP contribution is -2.34. The quantitative estimate of drug-likeness (QED) is 0.385. The van der Waals surface area contributed by atoms with Gasteiger partial charge in [-0.15, -0.1) is 0 Å². The van der Waals surface area contributed by atoms with Crippen molar-refractivity contribution in [2.75, 3.05) is 20.1 Å². The minimum Gasteiger partial charge on any atom is -0.306 e. The molecule has 6 rings (SSSR count). The molecule has 0 radical (unpaired) electrons. The number of fused-ring (bicyclic) bond motifs is 2. The number of likely N-dealkylation sites (tertiary alicyclic amines) is 1. The molecule has 4 aromatic heterocycles. The zero-order valence-corrected chi connectivity index (χ0v) is 19.4. The van der Waals surface area contributed by atoms with Crippen molar-refractivity contribution < 1.29 is 9.18 Å². The fourth-order valence-corrected chi connectivity index (χ4v) is 4.85. The van der Waals surface area contributed by atoms with E-state index in [1.807, 2.05) is 47.1 Å².